The van der Waals surface area contributed by atoms with Gasteiger partial charge in [-0.25, -0.2) is 0 Å². The Morgan fingerprint density at radius 2 is 1.67 bits per heavy atom. The van der Waals surface area contributed by atoms with Gasteiger partial charge in [-0.3, -0.25) is 4.98 Å². The van der Waals surface area contributed by atoms with Gasteiger partial charge in [0.25, 0.3) is 0 Å². The second-order valence-electron chi connectivity index (χ2n) is 1.18. The number of aromatic nitrogens is 1. The summed E-state index contributed by atoms with van der Waals surface area (Å²) in [6, 6.07) is 5.72. The van der Waals surface area contributed by atoms with E-state index in [1.165, 1.54) is 0 Å². The summed E-state index contributed by atoms with van der Waals surface area (Å²) in [4.78, 5) is 3.78. The highest BCUT2D eigenvalue weighted by Crippen LogP contribution is 1.73. The molecule has 1 aromatic rings. The minimum absolute atomic E-state index is 1.61. The maximum Gasteiger partial charge on any atom is 0.109 e. The number of hydrogen-bond acceptors (Lipinski definition) is 2. The lowest BCUT2D eigenvalue weighted by molar-refractivity contribution is 0.556. The third-order valence-electron chi connectivity index (χ3n) is 0.566. The first-order valence-corrected chi connectivity index (χ1v) is 3.29. The predicted octanol–water partition coefficient (Wildman–Crippen LogP) is 2.06. The van der Waals surface area contributed by atoms with Crippen LogP contribution in [0.2, 0.25) is 0 Å². The number of nitrogens with zero attached hydrogens (tertiary/aromatic N) is 1. The van der Waals surface area contributed by atoms with Gasteiger partial charge in [-0.1, -0.05) is 6.07 Å². The summed E-state index contributed by atoms with van der Waals surface area (Å²) >= 11 is 1.79. The molecule has 0 aliphatic rings. The van der Waals surface area contributed by atoms with Crippen molar-refractivity contribution in [1.29, 1.82) is 0 Å². The van der Waals surface area contributed by atoms with Crippen LogP contribution in [-0.2, 0) is 3.07 Å². The van der Waals surface area contributed by atoms with E-state index >= 15 is 0 Å². The van der Waals surface area contributed by atoms with E-state index in [0.717, 1.165) is 0 Å². The van der Waals surface area contributed by atoms with Gasteiger partial charge in [-0.15, -0.1) is 0 Å². The Morgan fingerprint density at radius 1 is 1.22 bits per heavy atom. The van der Waals surface area contributed by atoms with Crippen molar-refractivity contribution in [3.63, 3.8) is 0 Å². The molecular formula is C6H8INO. The molecular weight excluding hydrogens is 229 g/mol. The molecule has 3 heteroatoms. The van der Waals surface area contributed by atoms with Crippen LogP contribution in [0.5, 0.6) is 0 Å². The zero-order valence-electron chi connectivity index (χ0n) is 5.12. The van der Waals surface area contributed by atoms with E-state index in [2.05, 4.69) is 8.05 Å². The van der Waals surface area contributed by atoms with Gasteiger partial charge >= 0.3 is 0 Å². The van der Waals surface area contributed by atoms with Gasteiger partial charge in [-0.05, 0) is 12.1 Å². The second kappa shape index (κ2) is 7.84. The molecule has 1 rings (SSSR count). The Kier molecular flexibility index (Phi) is 7.70. The molecule has 0 spiro atoms. The molecule has 0 aliphatic carbocycles. The van der Waals surface area contributed by atoms with Crippen molar-refractivity contribution in [3.05, 3.63) is 30.6 Å². The predicted molar refractivity (Wildman–Crippen MR) is 45.3 cm³/mol. The molecule has 0 unspecified atom stereocenters. The van der Waals surface area contributed by atoms with E-state index in [9.17, 15) is 0 Å². The van der Waals surface area contributed by atoms with E-state index in [0.29, 0.717) is 0 Å². The number of hydrogen-bond donors (Lipinski definition) is 0. The summed E-state index contributed by atoms with van der Waals surface area (Å²) in [5.74, 6) is 0. The first-order valence-electron chi connectivity index (χ1n) is 2.41. The van der Waals surface area contributed by atoms with Gasteiger partial charge in [-0.2, -0.15) is 0 Å². The fourth-order valence-electron chi connectivity index (χ4n) is 0.313. The van der Waals surface area contributed by atoms with Gasteiger partial charge in [0, 0.05) is 19.5 Å². The summed E-state index contributed by atoms with van der Waals surface area (Å²) in [6.07, 6.45) is 3.50. The number of halogens is 1. The van der Waals surface area contributed by atoms with Crippen LogP contribution in [0.15, 0.2) is 30.6 Å². The van der Waals surface area contributed by atoms with Crippen LogP contribution in [0.3, 0.4) is 0 Å². The Labute approximate surface area is 68.9 Å². The molecule has 0 bridgehead atoms. The monoisotopic (exact) mass is 237 g/mol. The van der Waals surface area contributed by atoms with Crippen molar-refractivity contribution in [2.24, 2.45) is 0 Å². The highest BCUT2D eigenvalue weighted by atomic mass is 127. The van der Waals surface area contributed by atoms with Crippen LogP contribution in [0.1, 0.15) is 0 Å². The summed E-state index contributed by atoms with van der Waals surface area (Å²) in [5, 5.41) is 0. The maximum absolute atomic E-state index is 4.22. The van der Waals surface area contributed by atoms with Gasteiger partial charge in [0.1, 0.15) is 23.0 Å². The van der Waals surface area contributed by atoms with E-state index in [-0.39, 0.29) is 0 Å². The van der Waals surface area contributed by atoms with Gasteiger partial charge in [0.05, 0.1) is 0 Å². The van der Waals surface area contributed by atoms with E-state index in [1.807, 2.05) is 18.2 Å². The van der Waals surface area contributed by atoms with Crippen molar-refractivity contribution < 1.29 is 3.07 Å². The fourth-order valence-corrected chi connectivity index (χ4v) is 0.313. The largest absolute Gasteiger partial charge is 0.319 e. The molecule has 0 amide bonds. The van der Waals surface area contributed by atoms with Crippen molar-refractivity contribution in [3.8, 4) is 0 Å². The van der Waals surface area contributed by atoms with E-state index in [4.69, 9.17) is 0 Å². The molecule has 2 nitrogen and oxygen atoms in total. The Bertz CT molecular complexity index is 95.9. The van der Waals surface area contributed by atoms with Crippen LogP contribution >= 0.6 is 23.0 Å². The quantitative estimate of drug-likeness (QED) is 0.644. The topological polar surface area (TPSA) is 22.1 Å². The highest BCUT2D eigenvalue weighted by molar-refractivity contribution is 14.1. The Morgan fingerprint density at radius 3 is 1.78 bits per heavy atom. The molecule has 9 heavy (non-hydrogen) atoms. The lowest BCUT2D eigenvalue weighted by Crippen LogP contribution is -1.58. The van der Waals surface area contributed by atoms with Crippen LogP contribution in [0.25, 0.3) is 0 Å². The summed E-state index contributed by atoms with van der Waals surface area (Å²) in [7, 11) is 1.61. The molecule has 0 saturated carbocycles. The molecule has 0 saturated heterocycles. The van der Waals surface area contributed by atoms with Crippen molar-refractivity contribution in [1.82, 2.24) is 4.98 Å². The molecule has 0 radical (unpaired) electrons. The second-order valence-corrected chi connectivity index (χ2v) is 2.06. The molecule has 1 heterocycles. The van der Waals surface area contributed by atoms with Crippen LogP contribution in [-0.4, -0.2) is 12.1 Å². The van der Waals surface area contributed by atoms with Crippen molar-refractivity contribution in [2.75, 3.05) is 7.11 Å². The van der Waals surface area contributed by atoms with Crippen molar-refractivity contribution >= 4 is 23.0 Å². The fraction of sp³-hybridized carbons (Fsp3) is 0.167. The SMILES string of the molecule is COI.c1ccncc1. The summed E-state index contributed by atoms with van der Waals surface area (Å²) in [5.41, 5.74) is 0. The van der Waals surface area contributed by atoms with Gasteiger partial charge < -0.3 is 3.07 Å². The number of pyridine rings is 1. The Balaban J connectivity index is 0.000000187. The van der Waals surface area contributed by atoms with E-state index < -0.39 is 0 Å². The van der Waals surface area contributed by atoms with Crippen LogP contribution in [0, 0.1) is 0 Å². The third kappa shape index (κ3) is 7.84. The summed E-state index contributed by atoms with van der Waals surface area (Å²) < 4.78 is 4.22. The van der Waals surface area contributed by atoms with Crippen molar-refractivity contribution in [2.45, 2.75) is 0 Å². The van der Waals surface area contributed by atoms with Crippen LogP contribution < -0.4 is 0 Å². The minimum atomic E-state index is 1.61. The smallest absolute Gasteiger partial charge is 0.109 e. The average molecular weight is 237 g/mol. The number of rotatable bonds is 0. The minimum Gasteiger partial charge on any atom is -0.319 e. The normalized spacial score (nSPS) is 7.33. The molecule has 0 aliphatic heterocycles. The highest BCUT2D eigenvalue weighted by Gasteiger charge is 1.58. The van der Waals surface area contributed by atoms with Gasteiger partial charge in [0.15, 0.2) is 0 Å². The Hall–Kier alpha value is -0.160. The molecule has 0 fully saturated rings. The summed E-state index contributed by atoms with van der Waals surface area (Å²) in [6.45, 7) is 0. The average Bonchev–Trinajstić information content (AvgIpc) is 1.93. The van der Waals surface area contributed by atoms with Crippen LogP contribution in [0.4, 0.5) is 0 Å². The molecule has 1 aromatic heterocycles. The molecule has 0 atom stereocenters. The zero-order chi connectivity index (χ0) is 6.95. The standard InChI is InChI=1S/C5H5N.CH3IO/c1-2-4-6-5-3-1;1-3-2/h1-5H;1H3. The lowest BCUT2D eigenvalue weighted by Gasteiger charge is -1.70. The molecule has 0 N–H and O–H groups in total. The zero-order valence-corrected chi connectivity index (χ0v) is 7.28. The first kappa shape index (κ1) is 8.84. The maximum atomic E-state index is 4.22. The lowest BCUT2D eigenvalue weighted by atomic mass is 10.5. The molecule has 0 aromatic carbocycles. The first-order chi connectivity index (χ1) is 4.41. The third-order valence-corrected chi connectivity index (χ3v) is 0.566. The van der Waals surface area contributed by atoms with E-state index in [1.54, 1.807) is 42.5 Å². The van der Waals surface area contributed by atoms with Gasteiger partial charge in [0.2, 0.25) is 0 Å². The molecule has 50 valence electrons.